The molecule has 17 heteroatoms. The minimum atomic E-state index is -2.19. The maximum atomic E-state index is 18.1. The third kappa shape index (κ3) is 6.62. The number of aliphatic hydroxyl groups is 2. The van der Waals surface area contributed by atoms with Crippen LogP contribution in [0.15, 0.2) is 77.9 Å². The van der Waals surface area contributed by atoms with Crippen LogP contribution in [0, 0.1) is 45.3 Å². The molecule has 2 saturated heterocycles. The van der Waals surface area contributed by atoms with Gasteiger partial charge >= 0.3 is 11.9 Å². The van der Waals surface area contributed by atoms with E-state index in [9.17, 15) is 29.4 Å². The summed E-state index contributed by atoms with van der Waals surface area (Å²) in [6.07, 6.45) is 5.23. The molecule has 2 aliphatic heterocycles. The predicted molar refractivity (Wildman–Crippen MR) is 274 cm³/mol. The van der Waals surface area contributed by atoms with E-state index in [1.165, 1.54) is 37.5 Å². The predicted octanol–water partition coefficient (Wildman–Crippen LogP) is 8.04. The van der Waals surface area contributed by atoms with Gasteiger partial charge in [-0.15, -0.1) is 0 Å². The van der Waals surface area contributed by atoms with Crippen LogP contribution in [0.4, 0.5) is 8.78 Å². The molecule has 16 atom stereocenters. The molecule has 8 fully saturated rings. The second-order valence-electron chi connectivity index (χ2n) is 25.7. The number of carbonyl (C=O) groups is 6. The van der Waals surface area contributed by atoms with Crippen LogP contribution < -0.4 is 4.74 Å². The number of esters is 2. The van der Waals surface area contributed by atoms with Crippen molar-refractivity contribution < 1.29 is 80.9 Å². The molecule has 6 saturated carbocycles. The summed E-state index contributed by atoms with van der Waals surface area (Å²) in [6, 6.07) is 8.08. The Morgan fingerprint density at radius 3 is 1.56 bits per heavy atom. The molecule has 78 heavy (non-hydrogen) atoms. The van der Waals surface area contributed by atoms with Gasteiger partial charge in [0.1, 0.15) is 16.9 Å². The van der Waals surface area contributed by atoms with E-state index >= 15 is 18.4 Å². The van der Waals surface area contributed by atoms with Crippen LogP contribution >= 0.6 is 0 Å². The normalized spacial score (nSPS) is 43.9. The maximum absolute atomic E-state index is 18.1. The molecule has 10 aliphatic rings. The zero-order chi connectivity index (χ0) is 55.9. The Balaban J connectivity index is 0.815. The van der Waals surface area contributed by atoms with E-state index in [0.29, 0.717) is 47.6 Å². The summed E-state index contributed by atoms with van der Waals surface area (Å²) in [5, 5.41) is 24.9. The number of carbonyl (C=O) groups excluding carboxylic acids is 6. The van der Waals surface area contributed by atoms with Gasteiger partial charge in [0, 0.05) is 38.9 Å². The fraction of sp³-hybridized carbons (Fsp3) is 0.607. The number of benzene rings is 2. The van der Waals surface area contributed by atoms with Crippen molar-refractivity contribution in [3.63, 3.8) is 0 Å². The summed E-state index contributed by atoms with van der Waals surface area (Å²) >= 11 is 0. The molecule has 2 N–H and O–H groups in total. The largest absolute Gasteiger partial charge is 0.495 e. The molecule has 0 unspecified atom stereocenters. The Kier molecular flexibility index (Phi) is 11.5. The lowest BCUT2D eigenvalue weighted by Gasteiger charge is -2.62. The topological polar surface area (TPSA) is 207 Å². The van der Waals surface area contributed by atoms with Gasteiger partial charge in [-0.25, -0.2) is 18.4 Å². The first-order valence-corrected chi connectivity index (χ1v) is 27.4. The van der Waals surface area contributed by atoms with Gasteiger partial charge in [-0.2, -0.15) is 0 Å². The van der Waals surface area contributed by atoms with Crippen molar-refractivity contribution in [3.05, 3.63) is 89.1 Å². The molecule has 2 aromatic carbocycles. The number of hydrogen-bond donors (Lipinski definition) is 2. The number of aliphatic hydroxyl groups excluding tert-OH is 2. The molecule has 0 aromatic heterocycles. The number of halogens is 2. The van der Waals surface area contributed by atoms with Gasteiger partial charge in [0.2, 0.25) is 11.6 Å². The molecule has 2 heterocycles. The fourth-order valence-electron chi connectivity index (χ4n) is 18.1. The monoisotopic (exact) mass is 1080 g/mol. The second kappa shape index (κ2) is 16.9. The summed E-state index contributed by atoms with van der Waals surface area (Å²) in [7, 11) is 1.24. The van der Waals surface area contributed by atoms with E-state index in [1.807, 2.05) is 13.8 Å². The van der Waals surface area contributed by atoms with Crippen LogP contribution in [0.5, 0.6) is 5.75 Å². The number of methoxy groups -OCH3 is 1. The van der Waals surface area contributed by atoms with Crippen molar-refractivity contribution >= 4 is 45.8 Å². The zero-order valence-corrected chi connectivity index (χ0v) is 45.5. The molecular weight excluding hydrogens is 1010 g/mol. The number of rotatable bonds is 9. The number of ether oxygens (including phenoxy) is 7. The summed E-state index contributed by atoms with van der Waals surface area (Å²) in [6.45, 7) is 12.0. The maximum Gasteiger partial charge on any atom is 0.343 e. The Labute approximate surface area is 451 Å². The quantitative estimate of drug-likeness (QED) is 0.228. The van der Waals surface area contributed by atoms with Gasteiger partial charge in [-0.1, -0.05) is 61.4 Å². The van der Waals surface area contributed by atoms with Crippen molar-refractivity contribution in [2.24, 2.45) is 45.3 Å². The summed E-state index contributed by atoms with van der Waals surface area (Å²) in [5.41, 5.74) is -12.2. The van der Waals surface area contributed by atoms with Crippen LogP contribution in [0.3, 0.4) is 0 Å². The summed E-state index contributed by atoms with van der Waals surface area (Å²) in [4.78, 5) is 84.3. The highest BCUT2D eigenvalue weighted by atomic mass is 19.1. The van der Waals surface area contributed by atoms with E-state index in [0.717, 1.165) is 0 Å². The van der Waals surface area contributed by atoms with E-state index in [1.54, 1.807) is 78.0 Å². The first-order valence-electron chi connectivity index (χ1n) is 27.4. The number of alkyl halides is 2. The standard InChI is InChI=1S/C61H68F2O15/c1-52(2)75-46-25-40-38-16-14-32-23-34(64)18-20-54(32,5)58(38,62)42(66)27-56(40,7)60(46,77-52)44(68)29-73-50(70)37-22-31-12-10-11-13-36(31)48(49(37)72-9)51(71)74-30-45(69)61-47(76-53(3,4)78-61)26-41-39-17-15-33-24-35(65)19-21-55(33,6)59(39,63)43(67)28-57(41,61)8/h10-13,18-24,38-43,46-47,66-67H,14-17,25-30H2,1-9H3/t38-,39-,40-,41-,42-,43-,46+,47+,54-,55-,56-,57-,58-,59-,60+,61+/m0/s1. The lowest BCUT2D eigenvalue weighted by atomic mass is 9.44. The number of hydrogen-bond acceptors (Lipinski definition) is 15. The molecule has 0 amide bonds. The van der Waals surface area contributed by atoms with Crippen molar-refractivity contribution in [1.82, 2.24) is 0 Å². The second-order valence-corrected chi connectivity index (χ2v) is 25.7. The highest BCUT2D eigenvalue weighted by Crippen LogP contribution is 2.74. The molecule has 12 rings (SSSR count). The van der Waals surface area contributed by atoms with E-state index in [4.69, 9.17) is 33.2 Å². The van der Waals surface area contributed by atoms with Gasteiger partial charge in [-0.3, -0.25) is 19.2 Å². The van der Waals surface area contributed by atoms with Crippen LogP contribution in [0.2, 0.25) is 0 Å². The van der Waals surface area contributed by atoms with Crippen LogP contribution in [0.1, 0.15) is 127 Å². The number of Topliss-reactive ketones (excluding diaryl/α,β-unsaturated/α-hetero) is 2. The number of allylic oxidation sites excluding steroid dienone is 8. The van der Waals surface area contributed by atoms with E-state index in [-0.39, 0.29) is 54.1 Å². The smallest absolute Gasteiger partial charge is 0.343 e. The molecule has 15 nitrogen and oxygen atoms in total. The number of fused-ring (bicyclic) bond motifs is 15. The van der Waals surface area contributed by atoms with Crippen molar-refractivity contribution in [2.75, 3.05) is 20.3 Å². The first-order chi connectivity index (χ1) is 36.5. The van der Waals surface area contributed by atoms with Gasteiger partial charge in [0.25, 0.3) is 0 Å². The summed E-state index contributed by atoms with van der Waals surface area (Å²) < 4.78 is 80.1. The van der Waals surface area contributed by atoms with E-state index in [2.05, 4.69) is 0 Å². The highest BCUT2D eigenvalue weighted by molar-refractivity contribution is 6.12. The molecule has 2 aromatic rings. The Bertz CT molecular complexity index is 3180. The molecule has 416 valence electrons. The minimum absolute atomic E-state index is 0.198. The van der Waals surface area contributed by atoms with Crippen LogP contribution in [-0.2, 0) is 47.6 Å². The van der Waals surface area contributed by atoms with Crippen molar-refractivity contribution in [1.29, 1.82) is 0 Å². The SMILES string of the molecule is COc1c(C(=O)OCC(=O)[C@@]23OC(C)(C)O[C@@H]2C[C@H]2[C@@H]4CCC5=CC(=O)C=C[C@]5(C)[C@@]4(F)[C@@H](O)C[C@@]23C)cc2ccccc2c1C(=O)OCC(=O)[C@@]12OC(C)(C)O[C@@H]1C[C@H]1[C@@H]3CCC4=CC(=O)C=C[C@]4(C)[C@@]3(F)[C@@H](O)C[C@@]12C. The van der Waals surface area contributed by atoms with Gasteiger partial charge in [0.15, 0.2) is 58.9 Å². The third-order valence-electron chi connectivity index (χ3n) is 21.4. The molecule has 8 aliphatic carbocycles. The van der Waals surface area contributed by atoms with Crippen molar-refractivity contribution in [2.45, 2.75) is 165 Å². The highest BCUT2D eigenvalue weighted by Gasteiger charge is 2.82. The first kappa shape index (κ1) is 53.3. The van der Waals surface area contributed by atoms with Crippen LogP contribution in [-0.4, -0.2) is 124 Å². The van der Waals surface area contributed by atoms with E-state index < -0.39 is 141 Å². The Morgan fingerprint density at radius 2 is 1.10 bits per heavy atom. The fourth-order valence-corrected chi connectivity index (χ4v) is 18.1. The molecule has 0 radical (unpaired) electrons. The third-order valence-corrected chi connectivity index (χ3v) is 21.4. The Hall–Kier alpha value is -5.30. The van der Waals surface area contributed by atoms with Gasteiger partial charge in [0.05, 0.1) is 31.5 Å². The number of ketones is 4. The average Bonchev–Trinajstić information content (AvgIpc) is 2.75. The zero-order valence-electron chi connectivity index (χ0n) is 45.5. The van der Waals surface area contributed by atoms with Gasteiger partial charge in [-0.05, 0) is 141 Å². The lowest BCUT2D eigenvalue weighted by Crippen LogP contribution is -2.70. The minimum Gasteiger partial charge on any atom is -0.495 e. The summed E-state index contributed by atoms with van der Waals surface area (Å²) in [5.74, 6) is -9.32. The average molecular weight is 1080 g/mol. The lowest BCUT2D eigenvalue weighted by molar-refractivity contribution is -0.246. The molecule has 0 spiro atoms. The van der Waals surface area contributed by atoms with Gasteiger partial charge < -0.3 is 43.4 Å². The van der Waals surface area contributed by atoms with Crippen LogP contribution in [0.25, 0.3) is 10.8 Å². The molecular formula is C61H68F2O15. The molecule has 0 bridgehead atoms. The van der Waals surface area contributed by atoms with Crippen molar-refractivity contribution in [3.8, 4) is 5.75 Å². The Morgan fingerprint density at radius 1 is 0.654 bits per heavy atom.